The van der Waals surface area contributed by atoms with Crippen LogP contribution in [0.3, 0.4) is 0 Å². The minimum Gasteiger partial charge on any atom is -0.494 e. The molecule has 2 aliphatic heterocycles. The lowest BCUT2D eigenvalue weighted by molar-refractivity contribution is -0.125. The summed E-state index contributed by atoms with van der Waals surface area (Å²) >= 11 is 0. The van der Waals surface area contributed by atoms with Gasteiger partial charge in [0.1, 0.15) is 5.75 Å². The first-order valence-corrected chi connectivity index (χ1v) is 12.1. The molecule has 1 N–H and O–H groups in total. The minimum atomic E-state index is -0.546. The van der Waals surface area contributed by atoms with E-state index in [1.54, 1.807) is 0 Å². The predicted molar refractivity (Wildman–Crippen MR) is 128 cm³/mol. The van der Waals surface area contributed by atoms with E-state index < -0.39 is 5.41 Å². The van der Waals surface area contributed by atoms with Gasteiger partial charge in [0.05, 0.1) is 12.0 Å². The van der Waals surface area contributed by atoms with Crippen LogP contribution in [0.1, 0.15) is 49.7 Å². The van der Waals surface area contributed by atoms with E-state index in [4.69, 9.17) is 9.47 Å². The maximum atomic E-state index is 13.4. The molecule has 2 aromatic carbocycles. The number of aryl methyl sites for hydroxylation is 1. The van der Waals surface area contributed by atoms with Crippen molar-refractivity contribution in [1.82, 2.24) is 4.90 Å². The van der Waals surface area contributed by atoms with Gasteiger partial charge in [-0.2, -0.15) is 0 Å². The lowest BCUT2D eigenvalue weighted by atomic mass is 9.73. The van der Waals surface area contributed by atoms with Crippen molar-refractivity contribution >= 4 is 11.6 Å². The highest BCUT2D eigenvalue weighted by atomic mass is 16.5. The van der Waals surface area contributed by atoms with Crippen molar-refractivity contribution < 1.29 is 14.3 Å². The highest BCUT2D eigenvalue weighted by molar-refractivity contribution is 5.99. The zero-order valence-corrected chi connectivity index (χ0v) is 19.3. The summed E-state index contributed by atoms with van der Waals surface area (Å²) in [5, 5.41) is 3.15. The third kappa shape index (κ3) is 5.70. The first-order chi connectivity index (χ1) is 15.7. The summed E-state index contributed by atoms with van der Waals surface area (Å²) in [7, 11) is 0. The maximum Gasteiger partial charge on any atom is 0.235 e. The van der Waals surface area contributed by atoms with Crippen LogP contribution in [0.5, 0.6) is 5.75 Å². The second-order valence-corrected chi connectivity index (χ2v) is 9.14. The largest absolute Gasteiger partial charge is 0.494 e. The SMILES string of the molecule is Cc1ccc(C2(C(=O)Nc3ccc(OCCCN4CCCCC4)cc3)CCOCC2)cc1. The lowest BCUT2D eigenvalue weighted by Gasteiger charge is -2.36. The number of amides is 1. The molecular weight excluding hydrogens is 400 g/mol. The number of rotatable bonds is 8. The molecule has 0 bridgehead atoms. The number of hydrogen-bond acceptors (Lipinski definition) is 4. The zero-order chi connectivity index (χ0) is 22.2. The van der Waals surface area contributed by atoms with Crippen LogP contribution >= 0.6 is 0 Å². The average molecular weight is 437 g/mol. The number of anilines is 1. The van der Waals surface area contributed by atoms with E-state index in [1.165, 1.54) is 37.9 Å². The number of likely N-dealkylation sites (tertiary alicyclic amines) is 1. The van der Waals surface area contributed by atoms with Gasteiger partial charge in [0, 0.05) is 25.4 Å². The Labute approximate surface area is 192 Å². The number of benzene rings is 2. The first kappa shape index (κ1) is 22.8. The normalized spacial score (nSPS) is 18.8. The van der Waals surface area contributed by atoms with Crippen molar-refractivity contribution in [2.24, 2.45) is 0 Å². The van der Waals surface area contributed by atoms with Gasteiger partial charge in [-0.05, 0) is 81.9 Å². The fraction of sp³-hybridized carbons (Fsp3) is 0.519. The van der Waals surface area contributed by atoms with Crippen molar-refractivity contribution in [1.29, 1.82) is 0 Å². The molecule has 0 spiro atoms. The van der Waals surface area contributed by atoms with Gasteiger partial charge in [0.25, 0.3) is 0 Å². The number of nitrogens with one attached hydrogen (secondary N) is 1. The number of ether oxygens (including phenoxy) is 2. The molecule has 0 atom stereocenters. The molecule has 5 nitrogen and oxygen atoms in total. The Morgan fingerprint density at radius 3 is 2.38 bits per heavy atom. The molecule has 5 heteroatoms. The number of carbonyl (C=O) groups is 1. The van der Waals surface area contributed by atoms with E-state index in [-0.39, 0.29) is 5.91 Å². The van der Waals surface area contributed by atoms with Crippen molar-refractivity contribution in [3.63, 3.8) is 0 Å². The van der Waals surface area contributed by atoms with E-state index in [2.05, 4.69) is 41.4 Å². The van der Waals surface area contributed by atoms with E-state index in [9.17, 15) is 4.79 Å². The van der Waals surface area contributed by atoms with Gasteiger partial charge >= 0.3 is 0 Å². The molecule has 0 radical (unpaired) electrons. The molecule has 2 saturated heterocycles. The monoisotopic (exact) mass is 436 g/mol. The molecular formula is C27H36N2O3. The fourth-order valence-corrected chi connectivity index (χ4v) is 4.79. The van der Waals surface area contributed by atoms with Gasteiger partial charge in [-0.25, -0.2) is 0 Å². The summed E-state index contributed by atoms with van der Waals surface area (Å²) in [6.45, 7) is 7.56. The van der Waals surface area contributed by atoms with Crippen LogP contribution in [0.4, 0.5) is 5.69 Å². The number of nitrogens with zero attached hydrogens (tertiary/aromatic N) is 1. The predicted octanol–water partition coefficient (Wildman–Crippen LogP) is 4.94. The second kappa shape index (κ2) is 11.0. The van der Waals surface area contributed by atoms with Crippen molar-refractivity contribution in [3.05, 3.63) is 59.7 Å². The minimum absolute atomic E-state index is 0.0415. The number of carbonyl (C=O) groups excluding carboxylic acids is 1. The molecule has 2 fully saturated rings. The quantitative estimate of drug-likeness (QED) is 0.596. The summed E-state index contributed by atoms with van der Waals surface area (Å²) in [6, 6.07) is 16.1. The van der Waals surface area contributed by atoms with Gasteiger partial charge < -0.3 is 19.7 Å². The van der Waals surface area contributed by atoms with Gasteiger partial charge in [-0.1, -0.05) is 36.2 Å². The summed E-state index contributed by atoms with van der Waals surface area (Å²) in [5.41, 5.74) is 2.52. The average Bonchev–Trinajstić information content (AvgIpc) is 2.84. The summed E-state index contributed by atoms with van der Waals surface area (Å²) in [4.78, 5) is 16.0. The van der Waals surface area contributed by atoms with Crippen molar-refractivity contribution in [3.8, 4) is 5.75 Å². The standard InChI is InChI=1S/C27H36N2O3/c1-22-6-8-23(9-7-22)27(14-20-31-21-15-27)26(30)28-24-10-12-25(13-11-24)32-19-5-18-29-16-3-2-4-17-29/h6-13H,2-5,14-21H2,1H3,(H,28,30). The summed E-state index contributed by atoms with van der Waals surface area (Å²) in [6.07, 6.45) is 6.45. The van der Waals surface area contributed by atoms with Gasteiger partial charge in [-0.3, -0.25) is 4.79 Å². The molecule has 0 unspecified atom stereocenters. The molecule has 0 aliphatic carbocycles. The van der Waals surface area contributed by atoms with E-state index in [0.717, 1.165) is 36.6 Å². The molecule has 2 aromatic rings. The molecule has 32 heavy (non-hydrogen) atoms. The number of hydrogen-bond donors (Lipinski definition) is 1. The highest BCUT2D eigenvalue weighted by Crippen LogP contribution is 2.36. The van der Waals surface area contributed by atoms with Crippen LogP contribution in [0.15, 0.2) is 48.5 Å². The molecule has 2 aliphatic rings. The van der Waals surface area contributed by atoms with Crippen molar-refractivity contribution in [2.75, 3.05) is 44.8 Å². The van der Waals surface area contributed by atoms with E-state index >= 15 is 0 Å². The highest BCUT2D eigenvalue weighted by Gasteiger charge is 2.41. The van der Waals surface area contributed by atoms with Gasteiger partial charge in [0.15, 0.2) is 0 Å². The fourth-order valence-electron chi connectivity index (χ4n) is 4.79. The Balaban J connectivity index is 1.32. The van der Waals surface area contributed by atoms with Crippen LogP contribution in [-0.4, -0.2) is 50.3 Å². The van der Waals surface area contributed by atoms with Gasteiger partial charge in [-0.15, -0.1) is 0 Å². The smallest absolute Gasteiger partial charge is 0.235 e. The van der Waals surface area contributed by atoms with Crippen LogP contribution in [0, 0.1) is 6.92 Å². The van der Waals surface area contributed by atoms with Crippen LogP contribution in [-0.2, 0) is 14.9 Å². The Hall–Kier alpha value is -2.37. The van der Waals surface area contributed by atoms with E-state index in [1.807, 2.05) is 24.3 Å². The van der Waals surface area contributed by atoms with Crippen LogP contribution in [0.25, 0.3) is 0 Å². The Bertz CT molecular complexity index is 851. The van der Waals surface area contributed by atoms with Crippen LogP contribution in [0.2, 0.25) is 0 Å². The first-order valence-electron chi connectivity index (χ1n) is 12.1. The Morgan fingerprint density at radius 1 is 1.00 bits per heavy atom. The van der Waals surface area contributed by atoms with Gasteiger partial charge in [0.2, 0.25) is 5.91 Å². The van der Waals surface area contributed by atoms with Crippen molar-refractivity contribution in [2.45, 2.75) is 50.9 Å². The Morgan fingerprint density at radius 2 is 1.69 bits per heavy atom. The third-order valence-electron chi connectivity index (χ3n) is 6.83. The summed E-state index contributed by atoms with van der Waals surface area (Å²) < 4.78 is 11.5. The molecule has 2 heterocycles. The molecule has 4 rings (SSSR count). The zero-order valence-electron chi connectivity index (χ0n) is 19.3. The molecule has 0 aromatic heterocycles. The van der Waals surface area contributed by atoms with E-state index in [0.29, 0.717) is 26.1 Å². The number of piperidine rings is 1. The third-order valence-corrected chi connectivity index (χ3v) is 6.83. The second-order valence-electron chi connectivity index (χ2n) is 9.14. The lowest BCUT2D eigenvalue weighted by Crippen LogP contribution is -2.44. The summed E-state index contributed by atoms with van der Waals surface area (Å²) in [5.74, 6) is 0.890. The topological polar surface area (TPSA) is 50.8 Å². The molecule has 172 valence electrons. The van der Waals surface area contributed by atoms with Crippen LogP contribution < -0.4 is 10.1 Å². The molecule has 1 amide bonds. The Kier molecular flexibility index (Phi) is 7.82. The molecule has 0 saturated carbocycles. The maximum absolute atomic E-state index is 13.4.